The lowest BCUT2D eigenvalue weighted by Gasteiger charge is -2.29. The molecule has 1 saturated carbocycles. The van der Waals surface area contributed by atoms with Crippen LogP contribution in [0.1, 0.15) is 46.0 Å². The molecule has 1 aliphatic rings. The molecule has 0 aromatic carbocycles. The normalized spacial score (nSPS) is 24.8. The van der Waals surface area contributed by atoms with Gasteiger partial charge in [0.15, 0.2) is 0 Å². The third kappa shape index (κ3) is 3.15. The molecule has 0 saturated heterocycles. The van der Waals surface area contributed by atoms with Crippen LogP contribution < -0.4 is 0 Å². The first-order valence-electron chi connectivity index (χ1n) is 5.56. The predicted octanol–water partition coefficient (Wildman–Crippen LogP) is 3.14. The van der Waals surface area contributed by atoms with Gasteiger partial charge in [0.1, 0.15) is 0 Å². The first kappa shape index (κ1) is 10.8. The summed E-state index contributed by atoms with van der Waals surface area (Å²) >= 11 is 0. The van der Waals surface area contributed by atoms with Crippen LogP contribution in [0.2, 0.25) is 0 Å². The minimum absolute atomic E-state index is 0.114. The molecule has 0 aromatic rings. The van der Waals surface area contributed by atoms with E-state index in [1.807, 2.05) is 13.0 Å². The number of aliphatic hydroxyl groups is 1. The van der Waals surface area contributed by atoms with Crippen molar-refractivity contribution in [1.29, 1.82) is 0 Å². The van der Waals surface area contributed by atoms with E-state index in [1.54, 1.807) is 0 Å². The summed E-state index contributed by atoms with van der Waals surface area (Å²) in [5, 5.41) is 10.0. The lowest BCUT2D eigenvalue weighted by atomic mass is 9.81. The number of hydrogen-bond acceptors (Lipinski definition) is 1. The van der Waals surface area contributed by atoms with Crippen molar-refractivity contribution in [3.63, 3.8) is 0 Å². The standard InChI is InChI=1S/C12H22O/c1-3-7-10(2)12(13)11-8-5-4-6-9-11/h3,7,10-13H,4-6,8-9H2,1-2H3/b7-3+/t10-,12-/m0/s1. The predicted molar refractivity (Wildman–Crippen MR) is 56.6 cm³/mol. The molecule has 2 atom stereocenters. The van der Waals surface area contributed by atoms with Crippen LogP contribution in [-0.2, 0) is 0 Å². The van der Waals surface area contributed by atoms with Gasteiger partial charge in [-0.1, -0.05) is 38.3 Å². The van der Waals surface area contributed by atoms with Gasteiger partial charge < -0.3 is 5.11 Å². The number of allylic oxidation sites excluding steroid dienone is 1. The molecule has 0 aromatic heterocycles. The maximum atomic E-state index is 10.0. The molecule has 0 radical (unpaired) electrons. The second-order valence-corrected chi connectivity index (χ2v) is 4.27. The van der Waals surface area contributed by atoms with Crippen molar-refractivity contribution in [1.82, 2.24) is 0 Å². The molecular weight excluding hydrogens is 160 g/mol. The molecule has 0 amide bonds. The van der Waals surface area contributed by atoms with Crippen LogP contribution in [0.25, 0.3) is 0 Å². The van der Waals surface area contributed by atoms with E-state index in [0.717, 1.165) is 0 Å². The van der Waals surface area contributed by atoms with Gasteiger partial charge in [-0.15, -0.1) is 0 Å². The molecule has 0 spiro atoms. The summed E-state index contributed by atoms with van der Waals surface area (Å²) < 4.78 is 0. The monoisotopic (exact) mass is 182 g/mol. The van der Waals surface area contributed by atoms with Crippen molar-refractivity contribution >= 4 is 0 Å². The Kier molecular flexibility index (Phi) is 4.51. The van der Waals surface area contributed by atoms with Crippen molar-refractivity contribution < 1.29 is 5.11 Å². The van der Waals surface area contributed by atoms with E-state index in [0.29, 0.717) is 11.8 Å². The fourth-order valence-electron chi connectivity index (χ4n) is 2.32. The SMILES string of the molecule is C/C=C/[C@H](C)[C@H](O)C1CCCCC1. The molecule has 0 aliphatic heterocycles. The molecule has 0 unspecified atom stereocenters. The van der Waals surface area contributed by atoms with E-state index in [-0.39, 0.29) is 6.10 Å². The maximum absolute atomic E-state index is 10.0. The summed E-state index contributed by atoms with van der Waals surface area (Å²) in [6.07, 6.45) is 10.5. The Morgan fingerprint density at radius 2 is 1.85 bits per heavy atom. The Morgan fingerprint density at radius 1 is 1.23 bits per heavy atom. The second-order valence-electron chi connectivity index (χ2n) is 4.27. The highest BCUT2D eigenvalue weighted by molar-refractivity contribution is 4.90. The van der Waals surface area contributed by atoms with Crippen molar-refractivity contribution in [2.75, 3.05) is 0 Å². The summed E-state index contributed by atoms with van der Waals surface area (Å²) in [6, 6.07) is 0. The fraction of sp³-hybridized carbons (Fsp3) is 0.833. The summed E-state index contributed by atoms with van der Waals surface area (Å²) in [5.74, 6) is 0.882. The van der Waals surface area contributed by atoms with Crippen molar-refractivity contribution in [2.24, 2.45) is 11.8 Å². The first-order valence-corrected chi connectivity index (χ1v) is 5.56. The van der Waals surface area contributed by atoms with Gasteiger partial charge in [0, 0.05) is 5.92 Å². The van der Waals surface area contributed by atoms with Crippen LogP contribution >= 0.6 is 0 Å². The van der Waals surface area contributed by atoms with Gasteiger partial charge in [0.05, 0.1) is 6.10 Å². The highest BCUT2D eigenvalue weighted by Crippen LogP contribution is 2.29. The minimum atomic E-state index is -0.114. The summed E-state index contributed by atoms with van der Waals surface area (Å²) in [4.78, 5) is 0. The van der Waals surface area contributed by atoms with E-state index < -0.39 is 0 Å². The Labute approximate surface area is 81.9 Å². The van der Waals surface area contributed by atoms with E-state index in [9.17, 15) is 5.11 Å². The molecule has 1 aliphatic carbocycles. The lowest BCUT2D eigenvalue weighted by molar-refractivity contribution is 0.0556. The van der Waals surface area contributed by atoms with Crippen molar-refractivity contribution in [3.8, 4) is 0 Å². The van der Waals surface area contributed by atoms with Gasteiger partial charge in [0.25, 0.3) is 0 Å². The van der Waals surface area contributed by atoms with Crippen LogP contribution in [0.15, 0.2) is 12.2 Å². The Morgan fingerprint density at radius 3 is 2.38 bits per heavy atom. The topological polar surface area (TPSA) is 20.2 Å². The van der Waals surface area contributed by atoms with E-state index in [4.69, 9.17) is 0 Å². The third-order valence-corrected chi connectivity index (χ3v) is 3.17. The largest absolute Gasteiger partial charge is 0.392 e. The molecule has 13 heavy (non-hydrogen) atoms. The molecule has 0 bridgehead atoms. The van der Waals surface area contributed by atoms with Crippen LogP contribution in [0.4, 0.5) is 0 Å². The molecule has 1 N–H and O–H groups in total. The molecule has 76 valence electrons. The van der Waals surface area contributed by atoms with Crippen molar-refractivity contribution in [3.05, 3.63) is 12.2 Å². The zero-order valence-corrected chi connectivity index (χ0v) is 8.87. The summed E-state index contributed by atoms with van der Waals surface area (Å²) in [5.41, 5.74) is 0. The molecule has 1 heteroatoms. The molecular formula is C12H22O. The third-order valence-electron chi connectivity index (χ3n) is 3.17. The van der Waals surface area contributed by atoms with Gasteiger partial charge in [-0.3, -0.25) is 0 Å². The number of hydrogen-bond donors (Lipinski definition) is 1. The zero-order valence-electron chi connectivity index (χ0n) is 8.87. The molecule has 1 nitrogen and oxygen atoms in total. The highest BCUT2D eigenvalue weighted by Gasteiger charge is 2.24. The fourth-order valence-corrected chi connectivity index (χ4v) is 2.32. The highest BCUT2D eigenvalue weighted by atomic mass is 16.3. The van der Waals surface area contributed by atoms with Crippen molar-refractivity contribution in [2.45, 2.75) is 52.1 Å². The van der Waals surface area contributed by atoms with E-state index in [2.05, 4.69) is 13.0 Å². The molecule has 1 fully saturated rings. The molecule has 0 heterocycles. The summed E-state index contributed by atoms with van der Waals surface area (Å²) in [6.45, 7) is 4.13. The average molecular weight is 182 g/mol. The first-order chi connectivity index (χ1) is 6.25. The Bertz CT molecular complexity index is 157. The quantitative estimate of drug-likeness (QED) is 0.665. The van der Waals surface area contributed by atoms with Crippen LogP contribution in [0.3, 0.4) is 0 Å². The average Bonchev–Trinajstić information content (AvgIpc) is 2.18. The van der Waals surface area contributed by atoms with E-state index >= 15 is 0 Å². The smallest absolute Gasteiger partial charge is 0.0628 e. The Balaban J connectivity index is 2.39. The number of aliphatic hydroxyl groups excluding tert-OH is 1. The minimum Gasteiger partial charge on any atom is -0.392 e. The number of rotatable bonds is 3. The van der Waals surface area contributed by atoms with Gasteiger partial charge >= 0.3 is 0 Å². The lowest BCUT2D eigenvalue weighted by Crippen LogP contribution is -2.28. The van der Waals surface area contributed by atoms with Crippen LogP contribution in [-0.4, -0.2) is 11.2 Å². The summed E-state index contributed by atoms with van der Waals surface area (Å²) in [7, 11) is 0. The van der Waals surface area contributed by atoms with Gasteiger partial charge in [-0.2, -0.15) is 0 Å². The van der Waals surface area contributed by atoms with Gasteiger partial charge in [0.2, 0.25) is 0 Å². The molecule has 1 rings (SSSR count). The van der Waals surface area contributed by atoms with Gasteiger partial charge in [-0.25, -0.2) is 0 Å². The Hall–Kier alpha value is -0.300. The maximum Gasteiger partial charge on any atom is 0.0628 e. The van der Waals surface area contributed by atoms with Gasteiger partial charge in [-0.05, 0) is 25.7 Å². The van der Waals surface area contributed by atoms with Crippen LogP contribution in [0, 0.1) is 11.8 Å². The van der Waals surface area contributed by atoms with E-state index in [1.165, 1.54) is 32.1 Å². The van der Waals surface area contributed by atoms with Crippen LogP contribution in [0.5, 0.6) is 0 Å². The second kappa shape index (κ2) is 5.43. The zero-order chi connectivity index (χ0) is 9.68.